The maximum absolute atomic E-state index is 5.88. The Hall–Kier alpha value is -3.52. The summed E-state index contributed by atoms with van der Waals surface area (Å²) < 4.78 is 0. The van der Waals surface area contributed by atoms with Gasteiger partial charge in [0.25, 0.3) is 0 Å². The highest BCUT2D eigenvalue weighted by Crippen LogP contribution is 2.31. The van der Waals surface area contributed by atoms with Crippen molar-refractivity contribution in [3.63, 3.8) is 0 Å². The molecule has 0 amide bonds. The summed E-state index contributed by atoms with van der Waals surface area (Å²) >= 11 is 0. The third-order valence-corrected chi connectivity index (χ3v) is 7.33. The van der Waals surface area contributed by atoms with Gasteiger partial charge < -0.3 is 11.5 Å². The second kappa shape index (κ2) is 11.3. The highest BCUT2D eigenvalue weighted by Gasteiger charge is 2.15. The number of hydrogen-bond acceptors (Lipinski definition) is 2. The number of anilines is 2. The van der Waals surface area contributed by atoms with Crippen molar-refractivity contribution in [3.05, 3.63) is 130 Å². The summed E-state index contributed by atoms with van der Waals surface area (Å²) in [6.45, 7) is 6.82. The van der Waals surface area contributed by atoms with E-state index in [4.69, 9.17) is 11.5 Å². The molecule has 2 nitrogen and oxygen atoms in total. The fourth-order valence-electron chi connectivity index (χ4n) is 5.20. The van der Waals surface area contributed by atoms with Crippen LogP contribution in [0, 0.1) is 0 Å². The minimum atomic E-state index is 0.403. The highest BCUT2D eigenvalue weighted by molar-refractivity contribution is 5.44. The van der Waals surface area contributed by atoms with Crippen LogP contribution in [0.25, 0.3) is 0 Å². The lowest BCUT2D eigenvalue weighted by atomic mass is 9.86. The molecule has 0 fully saturated rings. The molecule has 2 heteroatoms. The molecule has 0 saturated carbocycles. The Morgan fingerprint density at radius 2 is 0.800 bits per heavy atom. The fraction of sp³-hybridized carbons (Fsp3) is 0.273. The average molecular weight is 463 g/mol. The first-order chi connectivity index (χ1) is 17.0. The first-order valence-corrected chi connectivity index (χ1v) is 12.9. The molecule has 0 aliphatic heterocycles. The van der Waals surface area contributed by atoms with E-state index in [9.17, 15) is 0 Å². The molecule has 4 rings (SSSR count). The van der Waals surface area contributed by atoms with Crippen molar-refractivity contribution in [1.82, 2.24) is 0 Å². The summed E-state index contributed by atoms with van der Waals surface area (Å²) in [5, 5.41) is 0. The fourth-order valence-corrected chi connectivity index (χ4v) is 5.20. The molecule has 0 heterocycles. The van der Waals surface area contributed by atoms with Crippen LogP contribution in [0.5, 0.6) is 0 Å². The minimum absolute atomic E-state index is 0.403. The third kappa shape index (κ3) is 5.95. The normalized spacial score (nSPS) is 13.8. The Labute approximate surface area is 211 Å². The summed E-state index contributed by atoms with van der Waals surface area (Å²) in [4.78, 5) is 0. The first kappa shape index (κ1) is 24.6. The zero-order chi connectivity index (χ0) is 24.8. The minimum Gasteiger partial charge on any atom is -0.399 e. The predicted molar refractivity (Wildman–Crippen MR) is 151 cm³/mol. The molecule has 0 saturated heterocycles. The molecule has 3 atom stereocenters. The van der Waals surface area contributed by atoms with Crippen LogP contribution >= 0.6 is 0 Å². The van der Waals surface area contributed by atoms with Crippen LogP contribution < -0.4 is 11.5 Å². The molecule has 3 unspecified atom stereocenters. The van der Waals surface area contributed by atoms with Crippen molar-refractivity contribution in [2.75, 3.05) is 11.5 Å². The second-order valence-corrected chi connectivity index (χ2v) is 9.77. The number of nitrogens with two attached hydrogens (primary N) is 2. The van der Waals surface area contributed by atoms with Crippen molar-refractivity contribution < 1.29 is 0 Å². The average Bonchev–Trinajstić information content (AvgIpc) is 2.88. The topological polar surface area (TPSA) is 52.0 Å². The largest absolute Gasteiger partial charge is 0.399 e. The lowest BCUT2D eigenvalue weighted by molar-refractivity contribution is 0.747. The molecular weight excluding hydrogens is 424 g/mol. The lowest BCUT2D eigenvalue weighted by Gasteiger charge is -2.19. The highest BCUT2D eigenvalue weighted by atomic mass is 14.5. The number of benzene rings is 4. The van der Waals surface area contributed by atoms with Gasteiger partial charge in [0, 0.05) is 23.2 Å². The van der Waals surface area contributed by atoms with Gasteiger partial charge in [0.05, 0.1) is 0 Å². The van der Waals surface area contributed by atoms with E-state index >= 15 is 0 Å². The van der Waals surface area contributed by atoms with Gasteiger partial charge in [-0.25, -0.2) is 0 Å². The van der Waals surface area contributed by atoms with Crippen LogP contribution in [0.4, 0.5) is 11.4 Å². The van der Waals surface area contributed by atoms with E-state index in [-0.39, 0.29) is 0 Å². The van der Waals surface area contributed by atoms with Crippen molar-refractivity contribution in [2.24, 2.45) is 0 Å². The van der Waals surface area contributed by atoms with E-state index in [1.165, 1.54) is 33.4 Å². The van der Waals surface area contributed by atoms with Gasteiger partial charge in [-0.2, -0.15) is 0 Å². The molecule has 4 aromatic carbocycles. The SMILES string of the molecule is CCC(c1ccc(N)cc1)c1ccc(CC(C)c2ccc(C(CC)c3ccc(N)cc3)cc2)cc1. The zero-order valence-corrected chi connectivity index (χ0v) is 21.2. The smallest absolute Gasteiger partial charge is 0.0314 e. The summed E-state index contributed by atoms with van der Waals surface area (Å²) in [6.07, 6.45) is 3.18. The Bertz CT molecular complexity index is 1190. The van der Waals surface area contributed by atoms with Gasteiger partial charge in [-0.05, 0) is 82.8 Å². The van der Waals surface area contributed by atoms with Gasteiger partial charge in [-0.15, -0.1) is 0 Å². The van der Waals surface area contributed by atoms with Crippen LogP contribution in [0.1, 0.15) is 84.7 Å². The summed E-state index contributed by atoms with van der Waals surface area (Å²) in [7, 11) is 0. The Kier molecular flexibility index (Phi) is 7.92. The van der Waals surface area contributed by atoms with Crippen LogP contribution in [-0.2, 0) is 6.42 Å². The first-order valence-electron chi connectivity index (χ1n) is 12.9. The standard InChI is InChI=1S/C33H38N2/c1-4-32(28-14-18-30(34)19-15-28)26-8-6-24(7-9-26)22-23(3)25-10-12-27(13-11-25)33(5-2)29-16-20-31(35)21-17-29/h6-21,23,32-33H,4-5,22,34-35H2,1-3H3. The zero-order valence-electron chi connectivity index (χ0n) is 21.2. The molecule has 0 radical (unpaired) electrons. The molecule has 0 bridgehead atoms. The molecule has 35 heavy (non-hydrogen) atoms. The lowest BCUT2D eigenvalue weighted by Crippen LogP contribution is -2.03. The molecule has 0 aliphatic carbocycles. The number of hydrogen-bond donors (Lipinski definition) is 2. The van der Waals surface area contributed by atoms with Crippen LogP contribution in [0.3, 0.4) is 0 Å². The van der Waals surface area contributed by atoms with Gasteiger partial charge in [-0.1, -0.05) is 93.6 Å². The second-order valence-electron chi connectivity index (χ2n) is 9.77. The van der Waals surface area contributed by atoms with Crippen molar-refractivity contribution in [2.45, 2.75) is 57.8 Å². The van der Waals surface area contributed by atoms with E-state index in [1.807, 2.05) is 24.3 Å². The maximum atomic E-state index is 5.88. The molecule has 4 aromatic rings. The van der Waals surface area contributed by atoms with Gasteiger partial charge in [0.15, 0.2) is 0 Å². The third-order valence-electron chi connectivity index (χ3n) is 7.33. The summed E-state index contributed by atoms with van der Waals surface area (Å²) in [5.41, 5.74) is 21.5. The van der Waals surface area contributed by atoms with E-state index in [0.29, 0.717) is 17.8 Å². The Morgan fingerprint density at radius 3 is 1.17 bits per heavy atom. The Morgan fingerprint density at radius 1 is 0.486 bits per heavy atom. The van der Waals surface area contributed by atoms with Gasteiger partial charge >= 0.3 is 0 Å². The quantitative estimate of drug-likeness (QED) is 0.246. The summed E-state index contributed by atoms with van der Waals surface area (Å²) in [6, 6.07) is 35.0. The number of nitrogen functional groups attached to an aromatic ring is 2. The number of rotatable bonds is 9. The van der Waals surface area contributed by atoms with Crippen molar-refractivity contribution in [3.8, 4) is 0 Å². The van der Waals surface area contributed by atoms with E-state index < -0.39 is 0 Å². The van der Waals surface area contributed by atoms with E-state index in [0.717, 1.165) is 30.6 Å². The molecule has 0 spiro atoms. The van der Waals surface area contributed by atoms with Gasteiger partial charge in [-0.3, -0.25) is 0 Å². The molecule has 0 aliphatic rings. The van der Waals surface area contributed by atoms with Crippen molar-refractivity contribution >= 4 is 11.4 Å². The van der Waals surface area contributed by atoms with Gasteiger partial charge in [0.2, 0.25) is 0 Å². The van der Waals surface area contributed by atoms with Crippen molar-refractivity contribution in [1.29, 1.82) is 0 Å². The Balaban J connectivity index is 1.43. The van der Waals surface area contributed by atoms with E-state index in [1.54, 1.807) is 0 Å². The van der Waals surface area contributed by atoms with Gasteiger partial charge in [0.1, 0.15) is 0 Å². The molecular formula is C33H38N2. The van der Waals surface area contributed by atoms with Crippen LogP contribution in [-0.4, -0.2) is 0 Å². The van der Waals surface area contributed by atoms with Crippen LogP contribution in [0.15, 0.2) is 97.1 Å². The van der Waals surface area contributed by atoms with E-state index in [2.05, 4.69) is 93.6 Å². The predicted octanol–water partition coefficient (Wildman–Crippen LogP) is 8.28. The maximum Gasteiger partial charge on any atom is 0.0314 e. The van der Waals surface area contributed by atoms with Crippen LogP contribution in [0.2, 0.25) is 0 Å². The summed E-state index contributed by atoms with van der Waals surface area (Å²) in [5.74, 6) is 1.27. The molecule has 0 aromatic heterocycles. The molecule has 180 valence electrons. The monoisotopic (exact) mass is 462 g/mol. The molecule has 4 N–H and O–H groups in total.